The molecule has 0 bridgehead atoms. The van der Waals surface area contributed by atoms with E-state index in [0.717, 1.165) is 24.5 Å². The van der Waals surface area contributed by atoms with Crippen molar-refractivity contribution in [2.45, 2.75) is 13.5 Å². The van der Waals surface area contributed by atoms with E-state index in [9.17, 15) is 4.39 Å². The zero-order valence-electron chi connectivity index (χ0n) is 12.3. The van der Waals surface area contributed by atoms with Gasteiger partial charge in [0.15, 0.2) is 0 Å². The zero-order chi connectivity index (χ0) is 14.8. The Balaban J connectivity index is 1.82. The van der Waals surface area contributed by atoms with Gasteiger partial charge >= 0.3 is 0 Å². The molecule has 0 amide bonds. The van der Waals surface area contributed by atoms with Gasteiger partial charge in [0.2, 0.25) is 0 Å². The Morgan fingerprint density at radius 2 is 2.05 bits per heavy atom. The summed E-state index contributed by atoms with van der Waals surface area (Å²) in [4.78, 5) is 8.76. The average molecular weight is 283 g/mol. The maximum atomic E-state index is 13.4. The van der Waals surface area contributed by atoms with Gasteiger partial charge in [0.1, 0.15) is 5.82 Å². The summed E-state index contributed by atoms with van der Waals surface area (Å²) in [5.74, 6) is -0.180. The third-order valence-corrected chi connectivity index (χ3v) is 3.60. The minimum Gasteiger partial charge on any atom is -0.362 e. The van der Waals surface area contributed by atoms with Gasteiger partial charge in [-0.2, -0.15) is 0 Å². The summed E-state index contributed by atoms with van der Waals surface area (Å²) in [7, 11) is 2.05. The summed E-state index contributed by atoms with van der Waals surface area (Å²) in [5.41, 5.74) is 3.67. The molecule has 2 aromatic rings. The molecule has 21 heavy (non-hydrogen) atoms. The van der Waals surface area contributed by atoms with E-state index in [1.165, 1.54) is 11.6 Å². The van der Waals surface area contributed by atoms with Gasteiger partial charge in [-0.15, -0.1) is 0 Å². The third kappa shape index (κ3) is 3.05. The Morgan fingerprint density at radius 1 is 1.19 bits per heavy atom. The van der Waals surface area contributed by atoms with E-state index in [4.69, 9.17) is 0 Å². The van der Waals surface area contributed by atoms with Crippen LogP contribution in [0.5, 0.6) is 0 Å². The van der Waals surface area contributed by atoms with Crippen molar-refractivity contribution < 1.29 is 4.39 Å². The van der Waals surface area contributed by atoms with E-state index in [2.05, 4.69) is 40.3 Å². The quantitative estimate of drug-likeness (QED) is 0.861. The number of hydrogen-bond acceptors (Lipinski definition) is 3. The first kappa shape index (κ1) is 13.6. The van der Waals surface area contributed by atoms with Crippen LogP contribution in [0.2, 0.25) is 0 Å². The molecule has 0 spiro atoms. The predicted octanol–water partition coefficient (Wildman–Crippen LogP) is 3.37. The summed E-state index contributed by atoms with van der Waals surface area (Å²) in [6.45, 7) is 3.51. The Bertz CT molecular complexity index is 681. The summed E-state index contributed by atoms with van der Waals surface area (Å²) < 4.78 is 13.4. The van der Waals surface area contributed by atoms with Crippen molar-refractivity contribution in [3.63, 3.8) is 0 Å². The summed E-state index contributed by atoms with van der Waals surface area (Å²) >= 11 is 0. The number of rotatable bonds is 3. The third-order valence-electron chi connectivity index (χ3n) is 3.60. The van der Waals surface area contributed by atoms with Crippen LogP contribution in [0.1, 0.15) is 11.1 Å². The largest absolute Gasteiger partial charge is 0.362 e. The van der Waals surface area contributed by atoms with E-state index in [-0.39, 0.29) is 5.82 Å². The predicted molar refractivity (Wildman–Crippen MR) is 81.7 cm³/mol. The minimum atomic E-state index is -0.180. The molecule has 2 heterocycles. The molecule has 1 aromatic heterocycles. The molecule has 1 aromatic carbocycles. The van der Waals surface area contributed by atoms with Crippen molar-refractivity contribution in [2.24, 2.45) is 0 Å². The standard InChI is InChI=1S/C17H18FN3/c1-13-9-15(3-4-16(13)18)17-10-14(5-6-19-17)11-21-8-7-20(2)12-21/h3-10H,11-12H2,1-2H3. The van der Waals surface area contributed by atoms with Crippen molar-refractivity contribution in [3.8, 4) is 11.3 Å². The Labute approximate surface area is 124 Å². The highest BCUT2D eigenvalue weighted by Gasteiger charge is 2.10. The highest BCUT2D eigenvalue weighted by molar-refractivity contribution is 5.60. The van der Waals surface area contributed by atoms with Gasteiger partial charge in [-0.05, 0) is 48.4 Å². The monoisotopic (exact) mass is 283 g/mol. The molecule has 0 atom stereocenters. The first-order valence-electron chi connectivity index (χ1n) is 6.96. The number of benzene rings is 1. The maximum Gasteiger partial charge on any atom is 0.126 e. The first-order valence-corrected chi connectivity index (χ1v) is 6.96. The highest BCUT2D eigenvalue weighted by atomic mass is 19.1. The van der Waals surface area contributed by atoms with Crippen LogP contribution in [-0.2, 0) is 6.54 Å². The second-order valence-corrected chi connectivity index (χ2v) is 5.46. The SMILES string of the molecule is Cc1cc(-c2cc(CN3C=CN(C)C3)ccn2)ccc1F. The molecule has 0 unspecified atom stereocenters. The molecular weight excluding hydrogens is 265 g/mol. The van der Waals surface area contributed by atoms with E-state index < -0.39 is 0 Å². The molecule has 0 aliphatic carbocycles. The molecule has 1 aliphatic heterocycles. The fourth-order valence-corrected chi connectivity index (χ4v) is 2.46. The molecule has 4 heteroatoms. The molecule has 3 nitrogen and oxygen atoms in total. The molecular formula is C17H18FN3. The van der Waals surface area contributed by atoms with Crippen LogP contribution in [0.25, 0.3) is 11.3 Å². The highest BCUT2D eigenvalue weighted by Crippen LogP contribution is 2.21. The number of nitrogens with zero attached hydrogens (tertiary/aromatic N) is 3. The summed E-state index contributed by atoms with van der Waals surface area (Å²) in [5, 5.41) is 0. The van der Waals surface area contributed by atoms with Gasteiger partial charge in [0.05, 0.1) is 12.4 Å². The molecule has 0 fully saturated rings. The van der Waals surface area contributed by atoms with Crippen LogP contribution < -0.4 is 0 Å². The fourth-order valence-electron chi connectivity index (χ4n) is 2.46. The number of halogens is 1. The smallest absolute Gasteiger partial charge is 0.126 e. The lowest BCUT2D eigenvalue weighted by molar-refractivity contribution is 0.291. The molecule has 0 saturated carbocycles. The van der Waals surface area contributed by atoms with Crippen LogP contribution in [-0.4, -0.2) is 28.5 Å². The Hall–Kier alpha value is -2.36. The fraction of sp³-hybridized carbons (Fsp3) is 0.235. The van der Waals surface area contributed by atoms with Crippen LogP contribution >= 0.6 is 0 Å². The second kappa shape index (κ2) is 5.56. The lowest BCUT2D eigenvalue weighted by Gasteiger charge is -2.18. The van der Waals surface area contributed by atoms with Gasteiger partial charge in [0.25, 0.3) is 0 Å². The molecule has 0 N–H and O–H groups in total. The van der Waals surface area contributed by atoms with Crippen LogP contribution in [0.4, 0.5) is 4.39 Å². The molecule has 0 saturated heterocycles. The molecule has 1 aliphatic rings. The second-order valence-electron chi connectivity index (χ2n) is 5.46. The average Bonchev–Trinajstić information content (AvgIpc) is 2.87. The van der Waals surface area contributed by atoms with Gasteiger partial charge in [-0.25, -0.2) is 4.39 Å². The van der Waals surface area contributed by atoms with Gasteiger partial charge in [-0.3, -0.25) is 4.98 Å². The van der Waals surface area contributed by atoms with Gasteiger partial charge in [-0.1, -0.05) is 0 Å². The number of hydrogen-bond donors (Lipinski definition) is 0. The Morgan fingerprint density at radius 3 is 2.76 bits per heavy atom. The van der Waals surface area contributed by atoms with Crippen LogP contribution in [0.3, 0.4) is 0 Å². The normalized spacial score (nSPS) is 14.0. The Kier molecular flexibility index (Phi) is 3.60. The van der Waals surface area contributed by atoms with E-state index in [1.807, 2.05) is 18.3 Å². The van der Waals surface area contributed by atoms with E-state index >= 15 is 0 Å². The van der Waals surface area contributed by atoms with Crippen LogP contribution in [0, 0.1) is 12.7 Å². The van der Waals surface area contributed by atoms with Crippen molar-refractivity contribution in [1.82, 2.24) is 14.8 Å². The van der Waals surface area contributed by atoms with Crippen molar-refractivity contribution in [2.75, 3.05) is 13.7 Å². The number of aryl methyl sites for hydroxylation is 1. The van der Waals surface area contributed by atoms with Gasteiger partial charge < -0.3 is 9.80 Å². The van der Waals surface area contributed by atoms with Gasteiger partial charge in [0, 0.05) is 37.8 Å². The maximum absolute atomic E-state index is 13.4. The first-order chi connectivity index (χ1) is 10.1. The minimum absolute atomic E-state index is 0.180. The summed E-state index contributed by atoms with van der Waals surface area (Å²) in [6.07, 6.45) is 5.96. The zero-order valence-corrected chi connectivity index (χ0v) is 12.3. The van der Waals surface area contributed by atoms with E-state index in [1.54, 1.807) is 13.0 Å². The lowest BCUT2D eigenvalue weighted by Crippen LogP contribution is -2.21. The molecule has 3 rings (SSSR count). The topological polar surface area (TPSA) is 19.4 Å². The molecule has 108 valence electrons. The number of aromatic nitrogens is 1. The van der Waals surface area contributed by atoms with E-state index in [0.29, 0.717) is 5.56 Å². The van der Waals surface area contributed by atoms with Crippen molar-refractivity contribution in [3.05, 3.63) is 65.9 Å². The van der Waals surface area contributed by atoms with Crippen LogP contribution in [0.15, 0.2) is 48.9 Å². The molecule has 0 radical (unpaired) electrons. The lowest BCUT2D eigenvalue weighted by atomic mass is 10.1. The van der Waals surface area contributed by atoms with Crippen molar-refractivity contribution in [1.29, 1.82) is 0 Å². The number of pyridine rings is 1. The summed E-state index contributed by atoms with van der Waals surface area (Å²) in [6, 6.07) is 9.20. The van der Waals surface area contributed by atoms with Crippen molar-refractivity contribution >= 4 is 0 Å².